The van der Waals surface area contributed by atoms with E-state index in [0.29, 0.717) is 5.56 Å². The van der Waals surface area contributed by atoms with Crippen molar-refractivity contribution in [2.24, 2.45) is 28.4 Å². The van der Waals surface area contributed by atoms with Gasteiger partial charge in [0.2, 0.25) is 23.8 Å². The predicted octanol–water partition coefficient (Wildman–Crippen LogP) is 3.62. The van der Waals surface area contributed by atoms with E-state index in [-0.39, 0.29) is 53.0 Å². The summed E-state index contributed by atoms with van der Waals surface area (Å²) < 4.78 is 37.1. The molecule has 2 bridgehead atoms. The molecule has 4 amide bonds. The number of aliphatic hydroxyl groups is 2. The average Bonchev–Trinajstić information content (AvgIpc) is 0.671. The van der Waals surface area contributed by atoms with Crippen LogP contribution in [0.1, 0.15) is 113 Å². The molecule has 8 rings (SSSR count). The zero-order valence-corrected chi connectivity index (χ0v) is 50.9. The summed E-state index contributed by atoms with van der Waals surface area (Å²) in [7, 11) is 0. The summed E-state index contributed by atoms with van der Waals surface area (Å²) in [5, 5.41) is 37.0. The van der Waals surface area contributed by atoms with Crippen LogP contribution in [0.25, 0.3) is 0 Å². The minimum absolute atomic E-state index is 0.00170. The Morgan fingerprint density at radius 3 is 1.90 bits per heavy atom. The first-order valence-electron chi connectivity index (χ1n) is 29.5. The number of nitrogens with one attached hydrogen (secondary N) is 4. The number of hydrogen-bond acceptors (Lipinski definition) is 19. The lowest BCUT2D eigenvalue weighted by molar-refractivity contribution is -0.346. The van der Waals surface area contributed by atoms with Crippen LogP contribution in [-0.2, 0) is 73.2 Å². The molecule has 0 aromatic heterocycles. The van der Waals surface area contributed by atoms with Gasteiger partial charge in [-0.3, -0.25) is 38.4 Å². The summed E-state index contributed by atoms with van der Waals surface area (Å²) in [6.07, 6.45) is -11.5. The molecular weight excluding hydrogens is 1150 g/mol. The minimum atomic E-state index is -2.57. The van der Waals surface area contributed by atoms with Crippen LogP contribution in [0.3, 0.4) is 0 Å². The van der Waals surface area contributed by atoms with Gasteiger partial charge in [0.25, 0.3) is 5.91 Å². The van der Waals surface area contributed by atoms with E-state index in [9.17, 15) is 48.6 Å². The van der Waals surface area contributed by atoms with Gasteiger partial charge in [0.05, 0.1) is 36.2 Å². The molecule has 1 aliphatic heterocycles. The summed E-state index contributed by atoms with van der Waals surface area (Å²) in [5.74, 6) is -11.2. The van der Waals surface area contributed by atoms with Gasteiger partial charge in [-0.2, -0.15) is 0 Å². The van der Waals surface area contributed by atoms with Gasteiger partial charge in [0.1, 0.15) is 48.6 Å². The summed E-state index contributed by atoms with van der Waals surface area (Å²) in [5.41, 5.74) is -1.89. The highest BCUT2D eigenvalue weighted by molar-refractivity contribution is 5.97. The van der Waals surface area contributed by atoms with Crippen molar-refractivity contribution in [1.82, 2.24) is 21.3 Å². The van der Waals surface area contributed by atoms with E-state index < -0.39 is 168 Å². The highest BCUT2D eigenvalue weighted by Gasteiger charge is 2.78. The second kappa shape index (κ2) is 27.4. The van der Waals surface area contributed by atoms with Crippen molar-refractivity contribution >= 4 is 59.3 Å². The van der Waals surface area contributed by atoms with E-state index in [1.54, 1.807) is 98.8 Å². The lowest BCUT2D eigenvalue weighted by atomic mass is 9.44. The molecule has 23 nitrogen and oxygen atoms in total. The summed E-state index contributed by atoms with van der Waals surface area (Å²) in [4.78, 5) is 142. The second-order valence-corrected chi connectivity index (χ2v) is 24.2. The first-order valence-corrected chi connectivity index (χ1v) is 29.5. The number of benzene rings is 4. The molecule has 0 spiro atoms. The van der Waals surface area contributed by atoms with Crippen LogP contribution in [0.4, 0.5) is 0 Å². The van der Waals surface area contributed by atoms with Crippen molar-refractivity contribution in [2.45, 2.75) is 147 Å². The molecule has 2 unspecified atom stereocenters. The quantitative estimate of drug-likeness (QED) is 0.0336. The molecule has 8 N–H and O–H groups in total. The van der Waals surface area contributed by atoms with Gasteiger partial charge in [-0.15, -0.1) is 0 Å². The topological polar surface area (TPSA) is 341 Å². The third-order valence-electron chi connectivity index (χ3n) is 17.6. The number of esters is 5. The maximum absolute atomic E-state index is 15.9. The first kappa shape index (κ1) is 66.3. The van der Waals surface area contributed by atoms with E-state index in [1.807, 2.05) is 0 Å². The van der Waals surface area contributed by atoms with Crippen LogP contribution in [0.2, 0.25) is 0 Å². The van der Waals surface area contributed by atoms with E-state index in [1.165, 1.54) is 64.1 Å². The number of carbonyl (C=O) groups excluding carboxylic acids is 10. The van der Waals surface area contributed by atoms with E-state index in [4.69, 9.17) is 34.2 Å². The number of rotatable bonds is 22. The molecule has 1 heterocycles. The molecule has 4 aliphatic rings. The summed E-state index contributed by atoms with van der Waals surface area (Å²) in [6, 6.07) is 28.2. The van der Waals surface area contributed by atoms with Gasteiger partial charge in [0, 0.05) is 44.1 Å². The van der Waals surface area contributed by atoms with Crippen LogP contribution < -0.4 is 27.0 Å². The van der Waals surface area contributed by atoms with Gasteiger partial charge in [-0.05, 0) is 72.7 Å². The van der Waals surface area contributed by atoms with Crippen molar-refractivity contribution < 1.29 is 86.6 Å². The van der Waals surface area contributed by atoms with Crippen LogP contribution in [0.5, 0.6) is 0 Å². The SMILES string of the molecule is CC(=O)O[C@H]1C(=O)[C@@]2(C)C(C(OC(=O)c3ccccc3)[C@]3(O)C[C@H](OC(=O)[C@H](OC(=O)CNC(=O)[C@H](CC(C)C)NC(=O)[C@H](Cc4ccccc4)NC(=O)CN)[C@@H](NC(=O)c4ccccc4)c4ccccc4)C(C)=C1C3(C)C)[C@]1(OC(C)=O)CO[C@@H]1C[C@@H]2O. The molecule has 2 saturated carbocycles. The Labute approximate surface area is 515 Å². The molecule has 89 heavy (non-hydrogen) atoms. The fourth-order valence-electron chi connectivity index (χ4n) is 13.0. The number of Topliss-reactive ketones (excluding diaryl/α,β-unsaturated/α-hetero) is 1. The molecule has 0 radical (unpaired) electrons. The first-order chi connectivity index (χ1) is 42.2. The zero-order chi connectivity index (χ0) is 64.8. The summed E-state index contributed by atoms with van der Waals surface area (Å²) >= 11 is 0. The average molecular weight is 1230 g/mol. The van der Waals surface area contributed by atoms with Gasteiger partial charge < -0.3 is 65.6 Å². The fourth-order valence-corrected chi connectivity index (χ4v) is 13.0. The lowest BCUT2D eigenvalue weighted by Crippen LogP contribution is -2.82. The number of carbonyl (C=O) groups is 10. The maximum atomic E-state index is 15.9. The van der Waals surface area contributed by atoms with Crippen molar-refractivity contribution in [3.8, 4) is 0 Å². The van der Waals surface area contributed by atoms with Crippen LogP contribution in [0, 0.1) is 22.7 Å². The third kappa shape index (κ3) is 13.8. The van der Waals surface area contributed by atoms with Crippen LogP contribution in [-0.4, -0.2) is 149 Å². The minimum Gasteiger partial charge on any atom is -0.455 e. The Kier molecular flexibility index (Phi) is 20.4. The molecule has 474 valence electrons. The number of amides is 4. The number of ether oxygens (including phenoxy) is 6. The van der Waals surface area contributed by atoms with Gasteiger partial charge >= 0.3 is 29.8 Å². The number of ketones is 1. The third-order valence-corrected chi connectivity index (χ3v) is 17.6. The maximum Gasteiger partial charge on any atom is 0.350 e. The summed E-state index contributed by atoms with van der Waals surface area (Å²) in [6.45, 7) is 9.84. The van der Waals surface area contributed by atoms with Crippen molar-refractivity contribution in [2.75, 3.05) is 19.7 Å². The highest BCUT2D eigenvalue weighted by atomic mass is 16.6. The predicted molar refractivity (Wildman–Crippen MR) is 317 cm³/mol. The molecule has 3 aliphatic carbocycles. The molecule has 1 saturated heterocycles. The molecule has 13 atom stereocenters. The Balaban J connectivity index is 1.20. The van der Waals surface area contributed by atoms with Crippen LogP contribution in [0.15, 0.2) is 132 Å². The Bertz CT molecular complexity index is 3350. The van der Waals surface area contributed by atoms with Crippen molar-refractivity contribution in [1.29, 1.82) is 0 Å². The molecule has 23 heteroatoms. The monoisotopic (exact) mass is 1230 g/mol. The Hall–Kier alpha value is -8.64. The highest BCUT2D eigenvalue weighted by Crippen LogP contribution is 2.64. The molecule has 3 fully saturated rings. The molecule has 4 aromatic rings. The fraction of sp³-hybridized carbons (Fsp3) is 0.455. The standard InChI is InChI=1S/C66H77N5O18/c1-36(2)29-44(70-60(80)45(69-49(75)33-67)30-40-21-13-9-14-22-40)59(79)68-34-50(76)87-54(52(41-23-15-10-16-24-41)71-58(78)42-25-17-11-18-26-42)62(82)86-46-32-66(83)57(88-61(81)43-27-19-12-20-28-43)55-64(8,47(74)31-48-65(55,35-84-48)89-39(5)73)56(77)53(85-38(4)72)51(37(46)3)63(66,6)7/h9-28,36,44-48,52-55,57,74,83H,29-35,67H2,1-8H3,(H,68,79)(H,69,75)(H,70,80)(H,71,78)/t44-,45-,46-,47-,48+,52-,53+,54+,55?,57?,64+,65-,66+/m0/s1. The lowest BCUT2D eigenvalue weighted by Gasteiger charge is -2.67. The van der Waals surface area contributed by atoms with Gasteiger partial charge in [0.15, 0.2) is 17.5 Å². The Morgan fingerprint density at radius 2 is 1.34 bits per heavy atom. The smallest absolute Gasteiger partial charge is 0.350 e. The number of aliphatic hydroxyl groups excluding tert-OH is 1. The van der Waals surface area contributed by atoms with Gasteiger partial charge in [-0.1, -0.05) is 125 Å². The number of fused-ring (bicyclic) bond motifs is 5. The molecule has 4 aromatic carbocycles. The van der Waals surface area contributed by atoms with Crippen molar-refractivity contribution in [3.05, 3.63) is 155 Å². The normalized spacial score (nSPS) is 26.2. The van der Waals surface area contributed by atoms with E-state index >= 15 is 9.59 Å². The van der Waals surface area contributed by atoms with E-state index in [2.05, 4.69) is 21.3 Å². The van der Waals surface area contributed by atoms with Gasteiger partial charge in [-0.25, -0.2) is 9.59 Å². The largest absolute Gasteiger partial charge is 0.455 e. The zero-order valence-electron chi connectivity index (χ0n) is 50.9. The van der Waals surface area contributed by atoms with Crippen molar-refractivity contribution in [3.63, 3.8) is 0 Å². The molecular formula is C66H77N5O18. The second-order valence-electron chi connectivity index (χ2n) is 24.2. The van der Waals surface area contributed by atoms with Crippen LogP contribution >= 0.6 is 0 Å². The van der Waals surface area contributed by atoms with E-state index in [0.717, 1.165) is 13.8 Å². The number of nitrogens with two attached hydrogens (primary N) is 1. The Morgan fingerprint density at radius 1 is 0.742 bits per heavy atom. The number of hydrogen-bond donors (Lipinski definition) is 7.